The summed E-state index contributed by atoms with van der Waals surface area (Å²) in [4.78, 5) is 24.2. The normalized spacial score (nSPS) is 10.2. The number of nitrogens with one attached hydrogen (secondary N) is 2. The zero-order chi connectivity index (χ0) is 18.1. The molecule has 2 rings (SSSR count). The van der Waals surface area contributed by atoms with Crippen LogP contribution >= 0.6 is 0 Å². The van der Waals surface area contributed by atoms with Gasteiger partial charge in [-0.2, -0.15) is 0 Å². The summed E-state index contributed by atoms with van der Waals surface area (Å²) in [5.74, 6) is -0.749. The first-order valence-corrected chi connectivity index (χ1v) is 7.64. The first-order chi connectivity index (χ1) is 12.1. The third-order valence-electron chi connectivity index (χ3n) is 3.22. The lowest BCUT2D eigenvalue weighted by Crippen LogP contribution is -2.28. The van der Waals surface area contributed by atoms with Crippen molar-refractivity contribution in [3.05, 3.63) is 59.9 Å². The molecule has 0 aromatic heterocycles. The van der Waals surface area contributed by atoms with Crippen LogP contribution in [0, 0.1) is 5.82 Å². The smallest absolute Gasteiger partial charge is 0.262 e. The monoisotopic (exact) mass is 346 g/mol. The number of hydrogen-bond donors (Lipinski definition) is 2. The molecule has 2 aromatic rings. The lowest BCUT2D eigenvalue weighted by atomic mass is 10.1. The van der Waals surface area contributed by atoms with Crippen molar-refractivity contribution in [2.24, 2.45) is 0 Å². The molecule has 132 valence electrons. The summed E-state index contributed by atoms with van der Waals surface area (Å²) in [7, 11) is 1.54. The van der Waals surface area contributed by atoms with E-state index in [1.807, 2.05) is 0 Å². The van der Waals surface area contributed by atoms with E-state index in [2.05, 4.69) is 10.6 Å². The van der Waals surface area contributed by atoms with Gasteiger partial charge in [0.05, 0.1) is 17.9 Å². The van der Waals surface area contributed by atoms with Crippen LogP contribution < -0.4 is 15.4 Å². The fourth-order valence-electron chi connectivity index (χ4n) is 2.02. The number of hydrogen-bond acceptors (Lipinski definition) is 4. The summed E-state index contributed by atoms with van der Waals surface area (Å²) in [5, 5.41) is 5.33. The Morgan fingerprint density at radius 3 is 2.52 bits per heavy atom. The number of ether oxygens (including phenoxy) is 2. The molecule has 2 N–H and O–H groups in total. The molecule has 0 aliphatic carbocycles. The average Bonchev–Trinajstić information content (AvgIpc) is 2.62. The highest BCUT2D eigenvalue weighted by Gasteiger charge is 2.13. The summed E-state index contributed by atoms with van der Waals surface area (Å²) < 4.78 is 23.0. The van der Waals surface area contributed by atoms with Gasteiger partial charge in [-0.1, -0.05) is 12.1 Å². The van der Waals surface area contributed by atoms with Gasteiger partial charge in [0.2, 0.25) is 0 Å². The minimum Gasteiger partial charge on any atom is -0.484 e. The van der Waals surface area contributed by atoms with Crippen molar-refractivity contribution in [3.63, 3.8) is 0 Å². The average molecular weight is 346 g/mol. The Kier molecular flexibility index (Phi) is 6.91. The molecule has 0 aliphatic heterocycles. The van der Waals surface area contributed by atoms with E-state index < -0.39 is 5.91 Å². The molecule has 2 amide bonds. The molecule has 0 spiro atoms. The zero-order valence-corrected chi connectivity index (χ0v) is 13.8. The lowest BCUT2D eigenvalue weighted by Gasteiger charge is -2.12. The van der Waals surface area contributed by atoms with Gasteiger partial charge in [-0.15, -0.1) is 0 Å². The number of amides is 2. The van der Waals surface area contributed by atoms with Crippen molar-refractivity contribution in [1.82, 2.24) is 5.32 Å². The van der Waals surface area contributed by atoms with E-state index in [9.17, 15) is 14.0 Å². The van der Waals surface area contributed by atoms with Crippen LogP contribution in [-0.2, 0) is 9.53 Å². The Bertz CT molecular complexity index is 719. The number of anilines is 1. The van der Waals surface area contributed by atoms with E-state index in [0.717, 1.165) is 0 Å². The molecule has 0 heterocycles. The highest BCUT2D eigenvalue weighted by molar-refractivity contribution is 6.04. The van der Waals surface area contributed by atoms with E-state index in [-0.39, 0.29) is 18.3 Å². The Morgan fingerprint density at radius 2 is 1.80 bits per heavy atom. The molecular weight excluding hydrogens is 327 g/mol. The predicted molar refractivity (Wildman–Crippen MR) is 91.2 cm³/mol. The van der Waals surface area contributed by atoms with Crippen LogP contribution in [0.1, 0.15) is 10.4 Å². The molecule has 0 aliphatic rings. The first kappa shape index (κ1) is 18.4. The number of para-hydroxylation sites is 1. The fraction of sp³-hybridized carbons (Fsp3) is 0.222. The van der Waals surface area contributed by atoms with Crippen molar-refractivity contribution in [2.75, 3.05) is 32.2 Å². The summed E-state index contributed by atoms with van der Waals surface area (Å²) in [6, 6.07) is 12.0. The number of carbonyl (C=O) groups excluding carboxylic acids is 2. The second-order valence-corrected chi connectivity index (χ2v) is 5.09. The standard InChI is InChI=1S/C18H19FN2O4/c1-24-11-10-20-18(23)15-4-2-3-5-16(15)21-17(22)12-25-14-8-6-13(19)7-9-14/h2-9H,10-12H2,1H3,(H,20,23)(H,21,22). The van der Waals surface area contributed by atoms with Crippen molar-refractivity contribution in [1.29, 1.82) is 0 Å². The molecule has 0 saturated carbocycles. The third kappa shape index (κ3) is 5.89. The van der Waals surface area contributed by atoms with E-state index in [1.54, 1.807) is 31.4 Å². The van der Waals surface area contributed by atoms with Crippen LogP contribution in [-0.4, -0.2) is 38.7 Å². The number of methoxy groups -OCH3 is 1. The second kappa shape index (κ2) is 9.39. The molecule has 0 saturated heterocycles. The molecule has 0 fully saturated rings. The van der Waals surface area contributed by atoms with Crippen LogP contribution in [0.2, 0.25) is 0 Å². The molecule has 25 heavy (non-hydrogen) atoms. The molecular formula is C18H19FN2O4. The Hall–Kier alpha value is -2.93. The fourth-order valence-corrected chi connectivity index (χ4v) is 2.02. The Morgan fingerprint density at radius 1 is 1.08 bits per heavy atom. The minimum atomic E-state index is -0.429. The van der Waals surface area contributed by atoms with E-state index in [4.69, 9.17) is 9.47 Å². The molecule has 7 heteroatoms. The minimum absolute atomic E-state index is 0.259. The molecule has 6 nitrogen and oxygen atoms in total. The van der Waals surface area contributed by atoms with Gasteiger partial charge < -0.3 is 20.1 Å². The van der Waals surface area contributed by atoms with Gasteiger partial charge in [0.15, 0.2) is 6.61 Å². The molecule has 2 aromatic carbocycles. The van der Waals surface area contributed by atoms with Gasteiger partial charge in [-0.05, 0) is 36.4 Å². The number of benzene rings is 2. The van der Waals surface area contributed by atoms with E-state index in [0.29, 0.717) is 30.2 Å². The SMILES string of the molecule is COCCNC(=O)c1ccccc1NC(=O)COc1ccc(F)cc1. The summed E-state index contributed by atoms with van der Waals surface area (Å²) in [5.41, 5.74) is 0.721. The maximum absolute atomic E-state index is 12.8. The molecule has 0 atom stereocenters. The zero-order valence-electron chi connectivity index (χ0n) is 13.8. The first-order valence-electron chi connectivity index (χ1n) is 7.64. The Balaban J connectivity index is 1.93. The van der Waals surface area contributed by atoms with E-state index in [1.165, 1.54) is 24.3 Å². The van der Waals surface area contributed by atoms with Crippen molar-refractivity contribution in [3.8, 4) is 5.75 Å². The molecule has 0 unspecified atom stereocenters. The predicted octanol–water partition coefficient (Wildman–Crippen LogP) is 2.22. The van der Waals surface area contributed by atoms with Gasteiger partial charge in [0.25, 0.3) is 11.8 Å². The number of rotatable bonds is 8. The summed E-state index contributed by atoms with van der Waals surface area (Å²) in [6.07, 6.45) is 0. The van der Waals surface area contributed by atoms with Crippen LogP contribution in [0.15, 0.2) is 48.5 Å². The quantitative estimate of drug-likeness (QED) is 0.719. The van der Waals surface area contributed by atoms with Crippen molar-refractivity contribution in [2.45, 2.75) is 0 Å². The van der Waals surface area contributed by atoms with Gasteiger partial charge in [-0.25, -0.2) is 4.39 Å². The maximum atomic E-state index is 12.8. The lowest BCUT2D eigenvalue weighted by molar-refractivity contribution is -0.118. The number of halogens is 1. The van der Waals surface area contributed by atoms with Gasteiger partial charge in [-0.3, -0.25) is 9.59 Å². The van der Waals surface area contributed by atoms with Crippen LogP contribution in [0.5, 0.6) is 5.75 Å². The molecule has 0 bridgehead atoms. The maximum Gasteiger partial charge on any atom is 0.262 e. The van der Waals surface area contributed by atoms with Gasteiger partial charge >= 0.3 is 0 Å². The third-order valence-corrected chi connectivity index (χ3v) is 3.22. The largest absolute Gasteiger partial charge is 0.484 e. The summed E-state index contributed by atoms with van der Waals surface area (Å²) >= 11 is 0. The topological polar surface area (TPSA) is 76.7 Å². The highest BCUT2D eigenvalue weighted by Crippen LogP contribution is 2.15. The van der Waals surface area contributed by atoms with E-state index >= 15 is 0 Å². The van der Waals surface area contributed by atoms with Gasteiger partial charge in [0, 0.05) is 13.7 Å². The van der Waals surface area contributed by atoms with Crippen LogP contribution in [0.4, 0.5) is 10.1 Å². The molecule has 0 radical (unpaired) electrons. The second-order valence-electron chi connectivity index (χ2n) is 5.09. The van der Waals surface area contributed by atoms with Gasteiger partial charge in [0.1, 0.15) is 11.6 Å². The van der Waals surface area contributed by atoms with Crippen molar-refractivity contribution >= 4 is 17.5 Å². The summed E-state index contributed by atoms with van der Waals surface area (Å²) in [6.45, 7) is 0.502. The van der Waals surface area contributed by atoms with Crippen molar-refractivity contribution < 1.29 is 23.5 Å². The number of carbonyl (C=O) groups is 2. The van der Waals surface area contributed by atoms with Crippen LogP contribution in [0.25, 0.3) is 0 Å². The Labute approximate surface area is 144 Å². The van der Waals surface area contributed by atoms with Crippen LogP contribution in [0.3, 0.4) is 0 Å². The highest BCUT2D eigenvalue weighted by atomic mass is 19.1.